The normalized spacial score (nSPS) is 13.9. The number of benzene rings is 1. The molecule has 1 aromatic carbocycles. The highest BCUT2D eigenvalue weighted by molar-refractivity contribution is 5.70. The molecule has 0 aliphatic rings. The first-order chi connectivity index (χ1) is 8.56. The zero-order valence-electron chi connectivity index (χ0n) is 10.8. The lowest BCUT2D eigenvalue weighted by Crippen LogP contribution is -2.20. The molecule has 0 heterocycles. The third-order valence-corrected chi connectivity index (χ3v) is 2.96. The Kier molecular flexibility index (Phi) is 5.65. The SMILES string of the molecule is COc1cccc(CC(CC(C)CO)C(=O)O)c1. The molecule has 0 aliphatic heterocycles. The zero-order chi connectivity index (χ0) is 13.5. The summed E-state index contributed by atoms with van der Waals surface area (Å²) in [7, 11) is 1.58. The lowest BCUT2D eigenvalue weighted by atomic mass is 9.90. The van der Waals surface area contributed by atoms with Gasteiger partial charge in [0.25, 0.3) is 0 Å². The van der Waals surface area contributed by atoms with Gasteiger partial charge in [0.15, 0.2) is 0 Å². The summed E-state index contributed by atoms with van der Waals surface area (Å²) in [5, 5.41) is 18.2. The van der Waals surface area contributed by atoms with Crippen LogP contribution in [-0.2, 0) is 11.2 Å². The van der Waals surface area contributed by atoms with Crippen LogP contribution in [0.3, 0.4) is 0 Å². The molecule has 1 aromatic rings. The van der Waals surface area contributed by atoms with Crippen molar-refractivity contribution in [2.45, 2.75) is 19.8 Å². The van der Waals surface area contributed by atoms with E-state index in [9.17, 15) is 9.90 Å². The second-order valence-corrected chi connectivity index (χ2v) is 4.61. The standard InChI is InChI=1S/C14H20O4/c1-10(9-15)6-12(14(16)17)7-11-4-3-5-13(8-11)18-2/h3-5,8,10,12,15H,6-7,9H2,1-2H3,(H,16,17). The maximum Gasteiger partial charge on any atom is 0.306 e. The van der Waals surface area contributed by atoms with Crippen molar-refractivity contribution in [2.75, 3.05) is 13.7 Å². The Labute approximate surface area is 107 Å². The topological polar surface area (TPSA) is 66.8 Å². The van der Waals surface area contributed by atoms with Crippen LogP contribution >= 0.6 is 0 Å². The van der Waals surface area contributed by atoms with Gasteiger partial charge < -0.3 is 14.9 Å². The molecule has 4 nitrogen and oxygen atoms in total. The second kappa shape index (κ2) is 7.01. The summed E-state index contributed by atoms with van der Waals surface area (Å²) in [6, 6.07) is 7.42. The minimum absolute atomic E-state index is 0.00305. The molecule has 0 bridgehead atoms. The molecule has 0 saturated carbocycles. The summed E-state index contributed by atoms with van der Waals surface area (Å²) >= 11 is 0. The van der Waals surface area contributed by atoms with Crippen molar-refractivity contribution in [3.8, 4) is 5.75 Å². The molecule has 1 rings (SSSR count). The van der Waals surface area contributed by atoms with Crippen molar-refractivity contribution in [2.24, 2.45) is 11.8 Å². The fourth-order valence-corrected chi connectivity index (χ4v) is 1.92. The number of ether oxygens (including phenoxy) is 1. The van der Waals surface area contributed by atoms with Gasteiger partial charge in [0.05, 0.1) is 13.0 Å². The Morgan fingerprint density at radius 1 is 1.44 bits per heavy atom. The van der Waals surface area contributed by atoms with Crippen molar-refractivity contribution >= 4 is 5.97 Å². The number of hydrogen-bond donors (Lipinski definition) is 2. The molecule has 2 unspecified atom stereocenters. The first kappa shape index (κ1) is 14.5. The van der Waals surface area contributed by atoms with Crippen molar-refractivity contribution in [1.82, 2.24) is 0 Å². The Balaban J connectivity index is 2.73. The first-order valence-electron chi connectivity index (χ1n) is 6.03. The molecule has 0 aromatic heterocycles. The minimum atomic E-state index is -0.821. The van der Waals surface area contributed by atoms with Crippen LogP contribution in [-0.4, -0.2) is 29.9 Å². The van der Waals surface area contributed by atoms with Gasteiger partial charge >= 0.3 is 5.97 Å². The van der Waals surface area contributed by atoms with E-state index in [2.05, 4.69) is 0 Å². The molecule has 0 amide bonds. The maximum absolute atomic E-state index is 11.2. The highest BCUT2D eigenvalue weighted by Crippen LogP contribution is 2.20. The predicted molar refractivity (Wildman–Crippen MR) is 68.7 cm³/mol. The fraction of sp³-hybridized carbons (Fsp3) is 0.500. The van der Waals surface area contributed by atoms with E-state index in [1.165, 1.54) is 0 Å². The van der Waals surface area contributed by atoms with Crippen LogP contribution in [0.4, 0.5) is 0 Å². The van der Waals surface area contributed by atoms with E-state index in [1.54, 1.807) is 7.11 Å². The van der Waals surface area contributed by atoms with E-state index in [4.69, 9.17) is 9.84 Å². The number of aliphatic carboxylic acids is 1. The number of hydrogen-bond acceptors (Lipinski definition) is 3. The van der Waals surface area contributed by atoms with Gasteiger partial charge in [-0.2, -0.15) is 0 Å². The number of methoxy groups -OCH3 is 1. The van der Waals surface area contributed by atoms with Gasteiger partial charge in [-0.1, -0.05) is 19.1 Å². The lowest BCUT2D eigenvalue weighted by Gasteiger charge is -2.16. The van der Waals surface area contributed by atoms with E-state index in [1.807, 2.05) is 31.2 Å². The van der Waals surface area contributed by atoms with E-state index < -0.39 is 11.9 Å². The molecule has 0 fully saturated rings. The number of carboxylic acid groups (broad SMARTS) is 1. The third-order valence-electron chi connectivity index (χ3n) is 2.96. The van der Waals surface area contributed by atoms with Gasteiger partial charge in [-0.15, -0.1) is 0 Å². The molecule has 2 N–H and O–H groups in total. The lowest BCUT2D eigenvalue weighted by molar-refractivity contribution is -0.142. The Hall–Kier alpha value is -1.55. The molecule has 100 valence electrons. The molecule has 4 heteroatoms. The van der Waals surface area contributed by atoms with Gasteiger partial charge in [0.1, 0.15) is 5.75 Å². The number of carbonyl (C=O) groups is 1. The van der Waals surface area contributed by atoms with Crippen LogP contribution < -0.4 is 4.74 Å². The second-order valence-electron chi connectivity index (χ2n) is 4.61. The smallest absolute Gasteiger partial charge is 0.306 e. The average molecular weight is 252 g/mol. The van der Waals surface area contributed by atoms with Gasteiger partial charge in [-0.05, 0) is 36.5 Å². The Morgan fingerprint density at radius 3 is 2.72 bits per heavy atom. The summed E-state index contributed by atoms with van der Waals surface area (Å²) in [6.07, 6.45) is 0.930. The van der Waals surface area contributed by atoms with Gasteiger partial charge in [-0.3, -0.25) is 4.79 Å². The van der Waals surface area contributed by atoms with E-state index in [-0.39, 0.29) is 12.5 Å². The van der Waals surface area contributed by atoms with Crippen molar-refractivity contribution < 1.29 is 19.7 Å². The summed E-state index contributed by atoms with van der Waals surface area (Å²) in [5.74, 6) is -0.569. The molecular formula is C14H20O4. The number of aliphatic hydroxyl groups is 1. The Bertz CT molecular complexity index is 389. The van der Waals surface area contributed by atoms with Crippen LogP contribution in [0.15, 0.2) is 24.3 Å². The van der Waals surface area contributed by atoms with Crippen LogP contribution in [0.1, 0.15) is 18.9 Å². The summed E-state index contributed by atoms with van der Waals surface area (Å²) < 4.78 is 5.11. The number of aliphatic hydroxyl groups excluding tert-OH is 1. The Morgan fingerprint density at radius 2 is 2.17 bits per heavy atom. The van der Waals surface area contributed by atoms with Crippen molar-refractivity contribution in [3.05, 3.63) is 29.8 Å². The average Bonchev–Trinajstić information content (AvgIpc) is 2.37. The van der Waals surface area contributed by atoms with E-state index >= 15 is 0 Å². The van der Waals surface area contributed by atoms with E-state index in [0.717, 1.165) is 11.3 Å². The monoisotopic (exact) mass is 252 g/mol. The molecule has 2 atom stereocenters. The minimum Gasteiger partial charge on any atom is -0.497 e. The molecule has 0 aliphatic carbocycles. The van der Waals surface area contributed by atoms with E-state index in [0.29, 0.717) is 12.8 Å². The predicted octanol–water partition coefficient (Wildman–Crippen LogP) is 1.96. The van der Waals surface area contributed by atoms with Gasteiger partial charge in [0, 0.05) is 6.61 Å². The van der Waals surface area contributed by atoms with Crippen molar-refractivity contribution in [3.63, 3.8) is 0 Å². The molecule has 0 radical (unpaired) electrons. The van der Waals surface area contributed by atoms with Gasteiger partial charge in [0.2, 0.25) is 0 Å². The third kappa shape index (κ3) is 4.37. The quantitative estimate of drug-likeness (QED) is 0.778. The first-order valence-corrected chi connectivity index (χ1v) is 6.03. The van der Waals surface area contributed by atoms with Gasteiger partial charge in [-0.25, -0.2) is 0 Å². The summed E-state index contributed by atoms with van der Waals surface area (Å²) in [5.41, 5.74) is 0.937. The van der Waals surface area contributed by atoms with Crippen LogP contribution in [0.5, 0.6) is 5.75 Å². The fourth-order valence-electron chi connectivity index (χ4n) is 1.92. The highest BCUT2D eigenvalue weighted by Gasteiger charge is 2.20. The maximum atomic E-state index is 11.2. The van der Waals surface area contributed by atoms with Crippen LogP contribution in [0.2, 0.25) is 0 Å². The van der Waals surface area contributed by atoms with Crippen LogP contribution in [0.25, 0.3) is 0 Å². The molecule has 0 saturated heterocycles. The largest absolute Gasteiger partial charge is 0.497 e. The van der Waals surface area contributed by atoms with Crippen LogP contribution in [0, 0.1) is 11.8 Å². The number of carboxylic acids is 1. The van der Waals surface area contributed by atoms with Crippen molar-refractivity contribution in [1.29, 1.82) is 0 Å². The highest BCUT2D eigenvalue weighted by atomic mass is 16.5. The molecule has 0 spiro atoms. The summed E-state index contributed by atoms with van der Waals surface area (Å²) in [4.78, 5) is 11.2. The zero-order valence-corrected chi connectivity index (χ0v) is 10.8. The summed E-state index contributed by atoms with van der Waals surface area (Å²) in [6.45, 7) is 1.86. The molecule has 18 heavy (non-hydrogen) atoms. The molecular weight excluding hydrogens is 232 g/mol. The number of rotatable bonds is 7.